The van der Waals surface area contributed by atoms with Gasteiger partial charge in [-0.3, -0.25) is 19.2 Å². The number of Topliss-reactive ketones (excluding diaryl/α,β-unsaturated/α-hetero) is 1. The number of benzene rings is 1. The normalized spacial score (nSPS) is 22.9. The number of likely N-dealkylation sites (tertiary alicyclic amines) is 1. The van der Waals surface area contributed by atoms with Crippen LogP contribution in [0.5, 0.6) is 0 Å². The van der Waals surface area contributed by atoms with E-state index in [0.29, 0.717) is 25.8 Å². The van der Waals surface area contributed by atoms with Crippen LogP contribution in [0.3, 0.4) is 0 Å². The van der Waals surface area contributed by atoms with E-state index in [1.165, 1.54) is 6.08 Å². The van der Waals surface area contributed by atoms with Gasteiger partial charge >= 0.3 is 6.03 Å². The van der Waals surface area contributed by atoms with Gasteiger partial charge in [0.25, 0.3) is 5.91 Å². The fourth-order valence-electron chi connectivity index (χ4n) is 6.87. The summed E-state index contributed by atoms with van der Waals surface area (Å²) in [6, 6.07) is 4.72. The second-order valence-corrected chi connectivity index (χ2v) is 12.9. The average Bonchev–Trinajstić information content (AvgIpc) is 3.33. The van der Waals surface area contributed by atoms with Gasteiger partial charge in [-0.2, -0.15) is 0 Å². The Morgan fingerprint density at radius 2 is 1.65 bits per heavy atom. The summed E-state index contributed by atoms with van der Waals surface area (Å²) in [6.45, 7) is 15.6. The molecule has 1 aromatic carbocycles. The summed E-state index contributed by atoms with van der Waals surface area (Å²) in [4.78, 5) is 68.3. The molecule has 1 saturated heterocycles. The Morgan fingerprint density at radius 3 is 2.23 bits per heavy atom. The zero-order chi connectivity index (χ0) is 31.5. The second-order valence-electron chi connectivity index (χ2n) is 12.9. The van der Waals surface area contributed by atoms with E-state index in [4.69, 9.17) is 0 Å². The van der Waals surface area contributed by atoms with E-state index in [2.05, 4.69) is 48.3 Å². The molecule has 5 amide bonds. The topological polar surface area (TPSA) is 137 Å². The molecule has 0 radical (unpaired) electrons. The van der Waals surface area contributed by atoms with Crippen LogP contribution in [0, 0.1) is 23.2 Å². The van der Waals surface area contributed by atoms with Crippen molar-refractivity contribution in [3.05, 3.63) is 60.7 Å². The van der Waals surface area contributed by atoms with Gasteiger partial charge in [0.15, 0.2) is 0 Å². The minimum atomic E-state index is -1.07. The minimum Gasteiger partial charge on any atom is -0.346 e. The zero-order valence-electron chi connectivity index (χ0n) is 25.7. The number of nitrogens with zero attached hydrogens (tertiary/aromatic N) is 1. The zero-order valence-corrected chi connectivity index (χ0v) is 25.7. The lowest BCUT2D eigenvalue weighted by molar-refractivity contribution is -0.144. The number of amides is 5. The molecule has 2 fully saturated rings. The maximum Gasteiger partial charge on any atom is 0.315 e. The monoisotopic (exact) mass is 591 g/mol. The molecule has 232 valence electrons. The van der Waals surface area contributed by atoms with Crippen LogP contribution >= 0.6 is 0 Å². The van der Waals surface area contributed by atoms with Crippen molar-refractivity contribution in [2.24, 2.45) is 23.2 Å². The third-order valence-electron chi connectivity index (χ3n) is 9.21. The molecule has 0 spiro atoms. The molecule has 1 aliphatic heterocycles. The average molecular weight is 592 g/mol. The number of carbonyl (C=O) groups is 5. The molecule has 5 atom stereocenters. The number of carbonyl (C=O) groups excluding carboxylic acids is 5. The first kappa shape index (κ1) is 32.0. The summed E-state index contributed by atoms with van der Waals surface area (Å²) >= 11 is 0. The van der Waals surface area contributed by atoms with Crippen molar-refractivity contribution in [1.29, 1.82) is 0 Å². The molecule has 3 aliphatic rings. The molecule has 1 saturated carbocycles. The molecule has 1 unspecified atom stereocenters. The van der Waals surface area contributed by atoms with Crippen LogP contribution in [0.2, 0.25) is 0 Å². The van der Waals surface area contributed by atoms with E-state index in [-0.39, 0.29) is 48.1 Å². The highest BCUT2D eigenvalue weighted by atomic mass is 16.2. The van der Waals surface area contributed by atoms with Gasteiger partial charge < -0.3 is 26.2 Å². The van der Waals surface area contributed by atoms with Crippen molar-refractivity contribution in [2.75, 3.05) is 13.1 Å². The molecule has 1 heterocycles. The molecule has 10 heteroatoms. The van der Waals surface area contributed by atoms with Crippen molar-refractivity contribution in [2.45, 2.75) is 77.5 Å². The predicted octanol–water partition coefficient (Wildman–Crippen LogP) is 2.28. The largest absolute Gasteiger partial charge is 0.346 e. The Kier molecular flexibility index (Phi) is 9.77. The summed E-state index contributed by atoms with van der Waals surface area (Å²) in [5.41, 5.74) is 2.13. The molecule has 0 aromatic heterocycles. The van der Waals surface area contributed by atoms with Crippen LogP contribution in [-0.2, 0) is 32.0 Å². The second kappa shape index (κ2) is 13.1. The van der Waals surface area contributed by atoms with Crippen LogP contribution in [-0.4, -0.2) is 71.7 Å². The number of urea groups is 1. The number of nitrogens with one attached hydrogen (secondary N) is 4. The first-order valence-electron chi connectivity index (χ1n) is 15.2. The van der Waals surface area contributed by atoms with Gasteiger partial charge in [0.05, 0.1) is 6.04 Å². The minimum absolute atomic E-state index is 0.105. The van der Waals surface area contributed by atoms with Crippen molar-refractivity contribution in [3.63, 3.8) is 0 Å². The van der Waals surface area contributed by atoms with Crippen LogP contribution < -0.4 is 21.3 Å². The first-order valence-corrected chi connectivity index (χ1v) is 15.2. The molecule has 4 N–H and O–H groups in total. The summed E-state index contributed by atoms with van der Waals surface area (Å²) in [5, 5.41) is 11.0. The molecule has 4 rings (SSSR count). The van der Waals surface area contributed by atoms with Crippen molar-refractivity contribution < 1.29 is 24.0 Å². The quantitative estimate of drug-likeness (QED) is 0.206. The predicted molar refractivity (Wildman–Crippen MR) is 164 cm³/mol. The summed E-state index contributed by atoms with van der Waals surface area (Å²) < 4.78 is 0. The van der Waals surface area contributed by atoms with E-state index < -0.39 is 41.8 Å². The number of piperidine rings is 1. The third-order valence-corrected chi connectivity index (χ3v) is 9.21. The first-order chi connectivity index (χ1) is 20.4. The Balaban J connectivity index is 1.58. The Hall–Kier alpha value is -3.95. The molecular formula is C33H45N5O5. The highest BCUT2D eigenvalue weighted by Crippen LogP contribution is 2.65. The number of fused-ring (bicyclic) bond motifs is 2. The Morgan fingerprint density at radius 1 is 1.00 bits per heavy atom. The van der Waals surface area contributed by atoms with Crippen LogP contribution in [0.1, 0.15) is 51.7 Å². The van der Waals surface area contributed by atoms with E-state index in [0.717, 1.165) is 11.1 Å². The van der Waals surface area contributed by atoms with Crippen LogP contribution in [0.25, 0.3) is 0 Å². The summed E-state index contributed by atoms with van der Waals surface area (Å²) in [5.74, 6) is -2.51. The number of ketones is 1. The lowest BCUT2D eigenvalue weighted by Crippen LogP contribution is -2.60. The van der Waals surface area contributed by atoms with Crippen molar-refractivity contribution in [3.8, 4) is 0 Å². The third kappa shape index (κ3) is 6.84. The molecular weight excluding hydrogens is 546 g/mol. The standard InChI is InChI=1S/C33H45N5O5/c1-7-9-14-24(28(39)30(41)34-15-8-2)36-29(40)27-25-23(33(25,5)6)18-38(27)31(42)26(37-32(43)35-19(3)4)22-16-20-12-10-11-13-21(20)17-22/h7-8,10-13,19,22-27H,1-2,9,14-18H2,3-6H3,(H,34,41)(H,36,40)(H2,35,37,43)/t23-,24?,25-,26+,27+/m1/s1. The van der Waals surface area contributed by atoms with Crippen molar-refractivity contribution in [1.82, 2.24) is 26.2 Å². The van der Waals surface area contributed by atoms with E-state index in [1.807, 2.05) is 38.1 Å². The van der Waals surface area contributed by atoms with Gasteiger partial charge in [0.1, 0.15) is 12.1 Å². The van der Waals surface area contributed by atoms with Crippen LogP contribution in [0.15, 0.2) is 49.6 Å². The SMILES string of the molecule is C=CCCC(NC(=O)[C@@H]1[C@H]2[C@@H](CN1C(=O)[C@@H](NC(=O)NC(C)C)C1Cc3ccccc3C1)C2(C)C)C(=O)C(=O)NCC=C. The number of allylic oxidation sites excluding steroid dienone is 1. The van der Waals surface area contributed by atoms with Gasteiger partial charge in [0.2, 0.25) is 17.6 Å². The van der Waals surface area contributed by atoms with Gasteiger partial charge in [0, 0.05) is 19.1 Å². The molecule has 1 aromatic rings. The number of rotatable bonds is 13. The highest BCUT2D eigenvalue weighted by Gasteiger charge is 2.69. The molecule has 10 nitrogen and oxygen atoms in total. The molecule has 43 heavy (non-hydrogen) atoms. The van der Waals surface area contributed by atoms with E-state index in [9.17, 15) is 24.0 Å². The van der Waals surface area contributed by atoms with Gasteiger partial charge in [-0.25, -0.2) is 4.79 Å². The van der Waals surface area contributed by atoms with E-state index >= 15 is 0 Å². The maximum absolute atomic E-state index is 14.4. The van der Waals surface area contributed by atoms with E-state index in [1.54, 1.807) is 11.0 Å². The highest BCUT2D eigenvalue weighted by molar-refractivity contribution is 6.38. The van der Waals surface area contributed by atoms with Gasteiger partial charge in [-0.05, 0) is 73.8 Å². The molecule has 2 aliphatic carbocycles. The maximum atomic E-state index is 14.4. The lowest BCUT2D eigenvalue weighted by atomic mass is 9.93. The fourth-order valence-corrected chi connectivity index (χ4v) is 6.87. The summed E-state index contributed by atoms with van der Waals surface area (Å²) in [7, 11) is 0. The van der Waals surface area contributed by atoms with Gasteiger partial charge in [-0.1, -0.05) is 50.3 Å². The number of hydrogen-bond acceptors (Lipinski definition) is 5. The molecule has 0 bridgehead atoms. The van der Waals surface area contributed by atoms with Crippen molar-refractivity contribution >= 4 is 29.5 Å². The summed E-state index contributed by atoms with van der Waals surface area (Å²) in [6.07, 6.45) is 4.97. The van der Waals surface area contributed by atoms with Gasteiger partial charge in [-0.15, -0.1) is 13.2 Å². The van der Waals surface area contributed by atoms with Crippen LogP contribution in [0.4, 0.5) is 4.79 Å². The smallest absolute Gasteiger partial charge is 0.315 e. The lowest BCUT2D eigenvalue weighted by Gasteiger charge is -2.35. The fraction of sp³-hybridized carbons (Fsp3) is 0.545. The Bertz CT molecular complexity index is 1260. The Labute approximate surface area is 254 Å². The number of hydrogen-bond donors (Lipinski definition) is 4.